The molecule has 194 valence electrons. The first kappa shape index (κ1) is 28.6. The summed E-state index contributed by atoms with van der Waals surface area (Å²) in [7, 11) is 0. The van der Waals surface area contributed by atoms with Crippen molar-refractivity contribution < 1.29 is 4.79 Å². The van der Waals surface area contributed by atoms with E-state index in [0.29, 0.717) is 11.0 Å². The maximum Gasteiger partial charge on any atom is 0.200 e. The number of benzene rings is 1. The molecule has 0 N–H and O–H groups in total. The molecule has 1 aromatic rings. The summed E-state index contributed by atoms with van der Waals surface area (Å²) in [5.41, 5.74) is 1.24. The highest BCUT2D eigenvalue weighted by Gasteiger charge is 2.22. The van der Waals surface area contributed by atoms with Gasteiger partial charge in [0.2, 0.25) is 5.12 Å². The molecule has 0 aromatic heterocycles. The normalized spacial score (nSPS) is 24.7. The van der Waals surface area contributed by atoms with Crippen LogP contribution in [0.2, 0.25) is 0 Å². The Morgan fingerprint density at radius 3 is 2.34 bits per heavy atom. The quantitative estimate of drug-likeness (QED) is 0.140. The van der Waals surface area contributed by atoms with Gasteiger partial charge >= 0.3 is 0 Å². The van der Waals surface area contributed by atoms with Gasteiger partial charge in [-0.25, -0.2) is 0 Å². The maximum absolute atomic E-state index is 12.8. The van der Waals surface area contributed by atoms with Crippen LogP contribution < -0.4 is 0 Å². The van der Waals surface area contributed by atoms with Crippen molar-refractivity contribution >= 4 is 34.7 Å². The molecule has 0 amide bonds. The van der Waals surface area contributed by atoms with Crippen LogP contribution in [0.1, 0.15) is 103 Å². The first-order valence-corrected chi connectivity index (χ1v) is 16.4. The zero-order valence-corrected chi connectivity index (χ0v) is 23.9. The summed E-state index contributed by atoms with van der Waals surface area (Å²) in [6, 6.07) is 8.54. The number of hydrogen-bond acceptors (Lipinski definition) is 3. The average molecular weight is 513 g/mol. The molecule has 2 aliphatic rings. The first-order valence-electron chi connectivity index (χ1n) is 14.4. The standard InChI is InChI=1S/C32H48OS2/c1-3-5-6-7-10-27-17-21-30(22-18-27)32(33)35-31-23-19-28(20-24-31)12-9-8-11-26-13-15-29(16-14-26)25-34-4-2/h9,12,17,19-21,23-24,26-27,29-30H,3-8,10-11,13-16,18,22,25H2,1-2H3/b12-9+. The second-order valence-corrected chi connectivity index (χ2v) is 13.1. The van der Waals surface area contributed by atoms with Gasteiger partial charge in [-0.2, -0.15) is 11.8 Å². The van der Waals surface area contributed by atoms with Gasteiger partial charge in [0.05, 0.1) is 0 Å². The van der Waals surface area contributed by atoms with Crippen molar-refractivity contribution in [3.8, 4) is 0 Å². The smallest absolute Gasteiger partial charge is 0.200 e. The van der Waals surface area contributed by atoms with Crippen LogP contribution in [-0.2, 0) is 4.79 Å². The number of hydrogen-bond donors (Lipinski definition) is 0. The molecule has 0 heterocycles. The molecule has 0 aliphatic heterocycles. The van der Waals surface area contributed by atoms with Crippen LogP contribution in [0.5, 0.6) is 0 Å². The van der Waals surface area contributed by atoms with E-state index < -0.39 is 0 Å². The van der Waals surface area contributed by atoms with E-state index in [0.717, 1.165) is 23.2 Å². The van der Waals surface area contributed by atoms with Gasteiger partial charge in [-0.05, 0) is 91.9 Å². The average Bonchev–Trinajstić information content (AvgIpc) is 2.90. The van der Waals surface area contributed by atoms with Crippen molar-refractivity contribution in [3.63, 3.8) is 0 Å². The van der Waals surface area contributed by atoms with Crippen LogP contribution in [-0.4, -0.2) is 16.6 Å². The minimum absolute atomic E-state index is 0.0897. The Labute approximate surface area is 224 Å². The molecule has 3 heteroatoms. The fourth-order valence-corrected chi connectivity index (χ4v) is 7.26. The van der Waals surface area contributed by atoms with E-state index in [4.69, 9.17) is 0 Å². The molecule has 2 atom stereocenters. The second kappa shape index (κ2) is 16.7. The molecule has 2 aliphatic carbocycles. The van der Waals surface area contributed by atoms with Gasteiger partial charge in [-0.1, -0.05) is 101 Å². The minimum atomic E-state index is 0.0897. The Bertz CT molecular complexity index is 773. The van der Waals surface area contributed by atoms with Crippen LogP contribution in [0.4, 0.5) is 0 Å². The van der Waals surface area contributed by atoms with Crippen LogP contribution >= 0.6 is 23.5 Å². The van der Waals surface area contributed by atoms with Crippen molar-refractivity contribution in [2.24, 2.45) is 23.7 Å². The zero-order valence-electron chi connectivity index (χ0n) is 22.3. The van der Waals surface area contributed by atoms with E-state index in [2.05, 4.69) is 74.2 Å². The molecule has 2 unspecified atom stereocenters. The molecule has 1 fully saturated rings. The van der Waals surface area contributed by atoms with Crippen molar-refractivity contribution in [3.05, 3.63) is 48.1 Å². The summed E-state index contributed by atoms with van der Waals surface area (Å²) in [5.74, 6) is 5.32. The number of allylic oxidation sites excluding steroid dienone is 3. The first-order chi connectivity index (χ1) is 17.2. The fourth-order valence-electron chi connectivity index (χ4n) is 5.51. The summed E-state index contributed by atoms with van der Waals surface area (Å²) in [6.45, 7) is 4.54. The predicted molar refractivity (Wildman–Crippen MR) is 158 cm³/mol. The van der Waals surface area contributed by atoms with Crippen LogP contribution in [0.3, 0.4) is 0 Å². The lowest BCUT2D eigenvalue weighted by Crippen LogP contribution is -2.16. The molecule has 1 saturated carbocycles. The number of rotatable bonds is 14. The lowest BCUT2D eigenvalue weighted by atomic mass is 9.81. The number of carbonyl (C=O) groups excluding carboxylic acids is 1. The fraction of sp³-hybridized carbons (Fsp3) is 0.656. The lowest BCUT2D eigenvalue weighted by molar-refractivity contribution is -0.113. The molecule has 3 rings (SSSR count). The predicted octanol–water partition coefficient (Wildman–Crippen LogP) is 10.2. The van der Waals surface area contributed by atoms with Crippen LogP contribution in [0, 0.1) is 23.7 Å². The third kappa shape index (κ3) is 10.9. The topological polar surface area (TPSA) is 17.1 Å². The molecule has 0 radical (unpaired) electrons. The zero-order chi connectivity index (χ0) is 24.7. The van der Waals surface area contributed by atoms with E-state index in [1.54, 1.807) is 0 Å². The highest BCUT2D eigenvalue weighted by atomic mass is 32.2. The Balaban J connectivity index is 1.32. The Hall–Kier alpha value is -0.930. The van der Waals surface area contributed by atoms with Crippen molar-refractivity contribution in [1.82, 2.24) is 0 Å². The van der Waals surface area contributed by atoms with Crippen molar-refractivity contribution in [2.45, 2.75) is 102 Å². The number of carbonyl (C=O) groups is 1. The number of unbranched alkanes of at least 4 members (excludes halogenated alkanes) is 3. The Morgan fingerprint density at radius 1 is 0.886 bits per heavy atom. The van der Waals surface area contributed by atoms with E-state index >= 15 is 0 Å². The number of thioether (sulfide) groups is 2. The Morgan fingerprint density at radius 2 is 1.66 bits per heavy atom. The van der Waals surface area contributed by atoms with Crippen LogP contribution in [0.25, 0.3) is 6.08 Å². The molecule has 0 saturated heterocycles. The molecule has 0 bridgehead atoms. The third-order valence-corrected chi connectivity index (χ3v) is 10.00. The molecule has 1 nitrogen and oxygen atoms in total. The van der Waals surface area contributed by atoms with Crippen LogP contribution in [0.15, 0.2) is 47.4 Å². The van der Waals surface area contributed by atoms with Gasteiger partial charge < -0.3 is 0 Å². The molecular weight excluding hydrogens is 464 g/mol. The monoisotopic (exact) mass is 512 g/mol. The maximum atomic E-state index is 12.8. The van der Waals surface area contributed by atoms with Gasteiger partial charge in [0.25, 0.3) is 0 Å². The van der Waals surface area contributed by atoms with Crippen molar-refractivity contribution in [1.29, 1.82) is 0 Å². The summed E-state index contributed by atoms with van der Waals surface area (Å²) in [5, 5.41) is 0.303. The molecule has 1 aromatic carbocycles. The molecular formula is C32H48OS2. The van der Waals surface area contributed by atoms with E-state index in [9.17, 15) is 4.79 Å². The second-order valence-electron chi connectivity index (χ2n) is 10.7. The van der Waals surface area contributed by atoms with Gasteiger partial charge in [-0.15, -0.1) is 0 Å². The summed E-state index contributed by atoms with van der Waals surface area (Å²) in [4.78, 5) is 13.9. The Kier molecular flexibility index (Phi) is 13.7. The summed E-state index contributed by atoms with van der Waals surface area (Å²) < 4.78 is 0. The minimum Gasteiger partial charge on any atom is -0.286 e. The molecule has 0 spiro atoms. The van der Waals surface area contributed by atoms with E-state index in [-0.39, 0.29) is 5.92 Å². The summed E-state index contributed by atoms with van der Waals surface area (Å²) >= 11 is 3.54. The van der Waals surface area contributed by atoms with Gasteiger partial charge in [-0.3, -0.25) is 4.79 Å². The highest BCUT2D eigenvalue weighted by Crippen LogP contribution is 2.34. The van der Waals surface area contributed by atoms with Gasteiger partial charge in [0, 0.05) is 10.8 Å². The van der Waals surface area contributed by atoms with E-state index in [1.165, 1.54) is 106 Å². The third-order valence-electron chi connectivity index (χ3n) is 7.87. The molecule has 35 heavy (non-hydrogen) atoms. The lowest BCUT2D eigenvalue weighted by Gasteiger charge is -2.28. The van der Waals surface area contributed by atoms with Crippen molar-refractivity contribution in [2.75, 3.05) is 11.5 Å². The summed E-state index contributed by atoms with van der Waals surface area (Å²) in [6.07, 6.45) is 26.2. The SMILES string of the molecule is CCCCCCC1C=CC(C(=O)Sc2ccc(/C=C/CCC3CCC(CSCC)CC3)cc2)CC1. The highest BCUT2D eigenvalue weighted by molar-refractivity contribution is 8.13. The largest absolute Gasteiger partial charge is 0.286 e. The van der Waals surface area contributed by atoms with Gasteiger partial charge in [0.1, 0.15) is 0 Å². The van der Waals surface area contributed by atoms with E-state index in [1.807, 2.05) is 0 Å². The van der Waals surface area contributed by atoms with Gasteiger partial charge in [0.15, 0.2) is 0 Å².